The largest absolute Gasteiger partial charge is 0.367 e. The molecule has 5 nitrogen and oxygen atoms in total. The van der Waals surface area contributed by atoms with Gasteiger partial charge in [-0.3, -0.25) is 0 Å². The maximum atomic E-state index is 5.05. The van der Waals surface area contributed by atoms with Crippen LogP contribution in [-0.2, 0) is 0 Å². The number of nitrogens with zero attached hydrogens (tertiary/aromatic N) is 2. The van der Waals surface area contributed by atoms with Gasteiger partial charge >= 0.3 is 0 Å². The fourth-order valence-corrected chi connectivity index (χ4v) is 5.17. The van der Waals surface area contributed by atoms with Crippen molar-refractivity contribution in [2.24, 2.45) is 17.8 Å². The zero-order valence-corrected chi connectivity index (χ0v) is 19.1. The second kappa shape index (κ2) is 9.15. The Morgan fingerprint density at radius 2 is 1.94 bits per heavy atom. The van der Waals surface area contributed by atoms with Gasteiger partial charge in [0, 0.05) is 30.1 Å². The van der Waals surface area contributed by atoms with Gasteiger partial charge < -0.3 is 16.0 Å². The van der Waals surface area contributed by atoms with Gasteiger partial charge in [0.1, 0.15) is 5.82 Å². The van der Waals surface area contributed by atoms with E-state index in [2.05, 4.69) is 54.1 Å². The Labute approximate surface area is 186 Å². The number of rotatable bonds is 7. The van der Waals surface area contributed by atoms with Crippen molar-refractivity contribution in [3.63, 3.8) is 0 Å². The number of benzene rings is 1. The molecule has 3 aliphatic rings. The topological polar surface area (TPSA) is 61.9 Å². The number of para-hydroxylation sites is 1. The van der Waals surface area contributed by atoms with E-state index in [-0.39, 0.29) is 0 Å². The Morgan fingerprint density at radius 3 is 2.68 bits per heavy atom. The predicted molar refractivity (Wildman–Crippen MR) is 130 cm³/mol. The lowest BCUT2D eigenvalue weighted by Crippen LogP contribution is -2.22. The van der Waals surface area contributed by atoms with Crippen molar-refractivity contribution in [1.82, 2.24) is 15.3 Å². The van der Waals surface area contributed by atoms with Gasteiger partial charge in [-0.25, -0.2) is 4.98 Å². The van der Waals surface area contributed by atoms with E-state index in [0.717, 1.165) is 66.5 Å². The molecule has 1 aromatic heterocycles. The summed E-state index contributed by atoms with van der Waals surface area (Å²) in [5.41, 5.74) is 3.74. The second-order valence-electron chi connectivity index (χ2n) is 10.1. The highest BCUT2D eigenvalue weighted by molar-refractivity contribution is 5.97. The molecule has 1 aliphatic heterocycles. The lowest BCUT2D eigenvalue weighted by atomic mass is 9.83. The van der Waals surface area contributed by atoms with E-state index in [1.165, 1.54) is 49.7 Å². The van der Waals surface area contributed by atoms with E-state index in [4.69, 9.17) is 9.97 Å². The maximum Gasteiger partial charge on any atom is 0.225 e. The van der Waals surface area contributed by atoms with E-state index >= 15 is 0 Å². The number of hydrogen-bond acceptors (Lipinski definition) is 5. The first-order valence-corrected chi connectivity index (χ1v) is 12.4. The summed E-state index contributed by atoms with van der Waals surface area (Å²) in [4.78, 5) is 10.0. The van der Waals surface area contributed by atoms with E-state index in [0.29, 0.717) is 6.04 Å². The Balaban J connectivity index is 1.46. The molecule has 3 N–H and O–H groups in total. The molecule has 1 atom stereocenters. The van der Waals surface area contributed by atoms with Crippen LogP contribution < -0.4 is 16.0 Å². The van der Waals surface area contributed by atoms with Crippen molar-refractivity contribution < 1.29 is 0 Å². The highest BCUT2D eigenvalue weighted by atomic mass is 15.2. The molecule has 1 unspecified atom stereocenters. The van der Waals surface area contributed by atoms with Crippen LogP contribution >= 0.6 is 0 Å². The first-order chi connectivity index (χ1) is 15.2. The van der Waals surface area contributed by atoms with Gasteiger partial charge in [0.15, 0.2) is 0 Å². The molecule has 2 aromatic rings. The minimum absolute atomic E-state index is 0.451. The van der Waals surface area contributed by atoms with Crippen molar-refractivity contribution in [2.45, 2.75) is 64.8 Å². The minimum atomic E-state index is 0.451. The molecule has 0 saturated heterocycles. The SMILES string of the molecule is CC1CCC(CNc2nc(NC(C)C3CC3)c3cccc(C4=CCNCC4)c3n2)CC1. The fraction of sp³-hybridized carbons (Fsp3) is 0.615. The van der Waals surface area contributed by atoms with Crippen molar-refractivity contribution in [3.05, 3.63) is 29.8 Å². The zero-order valence-electron chi connectivity index (χ0n) is 19.1. The van der Waals surface area contributed by atoms with Crippen LogP contribution in [-0.4, -0.2) is 35.6 Å². The summed E-state index contributed by atoms with van der Waals surface area (Å²) in [5, 5.41) is 11.9. The van der Waals surface area contributed by atoms with Crippen LogP contribution in [0.15, 0.2) is 24.3 Å². The summed E-state index contributed by atoms with van der Waals surface area (Å²) < 4.78 is 0. The highest BCUT2D eigenvalue weighted by Crippen LogP contribution is 2.36. The number of anilines is 2. The number of aromatic nitrogens is 2. The van der Waals surface area contributed by atoms with Gasteiger partial charge in [-0.1, -0.05) is 38.0 Å². The van der Waals surface area contributed by atoms with Crippen LogP contribution in [0.4, 0.5) is 11.8 Å². The molecular weight excluding hydrogens is 382 g/mol. The summed E-state index contributed by atoms with van der Waals surface area (Å²) in [6, 6.07) is 7.02. The monoisotopic (exact) mass is 419 g/mol. The average Bonchev–Trinajstić information content (AvgIpc) is 3.65. The van der Waals surface area contributed by atoms with Gasteiger partial charge in [-0.05, 0) is 75.0 Å². The molecule has 166 valence electrons. The van der Waals surface area contributed by atoms with Crippen LogP contribution in [0.3, 0.4) is 0 Å². The number of nitrogens with one attached hydrogen (secondary N) is 3. The summed E-state index contributed by atoms with van der Waals surface area (Å²) in [7, 11) is 0. The molecule has 31 heavy (non-hydrogen) atoms. The normalized spacial score (nSPS) is 25.2. The molecule has 0 radical (unpaired) electrons. The standard InChI is InChI=1S/C26H37N5/c1-17-6-8-19(9-7-17)16-28-26-30-24-22(21-12-14-27-15-13-21)4-3-5-23(24)25(31-26)29-18(2)20-10-11-20/h3-5,12,17-20,27H,6-11,13-16H2,1-2H3,(H2,28,29,30,31). The molecule has 5 heteroatoms. The zero-order chi connectivity index (χ0) is 21.2. The maximum absolute atomic E-state index is 5.05. The Bertz CT molecular complexity index is 940. The summed E-state index contributed by atoms with van der Waals surface area (Å²) in [6.45, 7) is 7.62. The molecule has 2 aliphatic carbocycles. The Morgan fingerprint density at radius 1 is 1.10 bits per heavy atom. The van der Waals surface area contributed by atoms with Gasteiger partial charge in [-0.2, -0.15) is 4.98 Å². The van der Waals surface area contributed by atoms with Crippen molar-refractivity contribution in [3.8, 4) is 0 Å². The minimum Gasteiger partial charge on any atom is -0.367 e. The third kappa shape index (κ3) is 4.87. The lowest BCUT2D eigenvalue weighted by molar-refractivity contribution is 0.300. The van der Waals surface area contributed by atoms with Crippen LogP contribution in [0.25, 0.3) is 16.5 Å². The van der Waals surface area contributed by atoms with Crippen molar-refractivity contribution >= 4 is 28.2 Å². The van der Waals surface area contributed by atoms with E-state index < -0.39 is 0 Å². The number of hydrogen-bond donors (Lipinski definition) is 3. The molecule has 0 bridgehead atoms. The first kappa shape index (κ1) is 20.7. The second-order valence-corrected chi connectivity index (χ2v) is 10.1. The number of fused-ring (bicyclic) bond motifs is 1. The third-order valence-corrected chi connectivity index (χ3v) is 7.51. The fourth-order valence-electron chi connectivity index (χ4n) is 5.17. The quantitative estimate of drug-likeness (QED) is 0.557. The van der Waals surface area contributed by atoms with Crippen LogP contribution in [0.5, 0.6) is 0 Å². The Hall–Kier alpha value is -2.14. The molecule has 0 spiro atoms. The average molecular weight is 420 g/mol. The smallest absolute Gasteiger partial charge is 0.225 e. The van der Waals surface area contributed by atoms with Gasteiger partial charge in [0.25, 0.3) is 0 Å². The lowest BCUT2D eigenvalue weighted by Gasteiger charge is -2.26. The van der Waals surface area contributed by atoms with E-state index in [9.17, 15) is 0 Å². The first-order valence-electron chi connectivity index (χ1n) is 12.4. The predicted octanol–water partition coefficient (Wildman–Crippen LogP) is 5.46. The Kier molecular flexibility index (Phi) is 6.13. The summed E-state index contributed by atoms with van der Waals surface area (Å²) in [6.07, 6.45) is 11.4. The molecule has 1 aromatic carbocycles. The molecule has 5 rings (SSSR count). The highest BCUT2D eigenvalue weighted by Gasteiger charge is 2.29. The van der Waals surface area contributed by atoms with Crippen molar-refractivity contribution in [1.29, 1.82) is 0 Å². The van der Waals surface area contributed by atoms with Gasteiger partial charge in [-0.15, -0.1) is 0 Å². The summed E-state index contributed by atoms with van der Waals surface area (Å²) in [5.74, 6) is 4.16. The van der Waals surface area contributed by atoms with E-state index in [1.807, 2.05) is 0 Å². The molecule has 2 heterocycles. The molecule has 0 amide bonds. The van der Waals surface area contributed by atoms with E-state index in [1.54, 1.807) is 0 Å². The van der Waals surface area contributed by atoms with Gasteiger partial charge in [0.05, 0.1) is 5.52 Å². The molecular formula is C26H37N5. The molecule has 2 fully saturated rings. The van der Waals surface area contributed by atoms with Crippen LogP contribution in [0, 0.1) is 17.8 Å². The van der Waals surface area contributed by atoms with Crippen LogP contribution in [0.2, 0.25) is 0 Å². The van der Waals surface area contributed by atoms with Crippen molar-refractivity contribution in [2.75, 3.05) is 30.3 Å². The third-order valence-electron chi connectivity index (χ3n) is 7.51. The van der Waals surface area contributed by atoms with Crippen LogP contribution in [0.1, 0.15) is 64.4 Å². The summed E-state index contributed by atoms with van der Waals surface area (Å²) >= 11 is 0. The molecule has 2 saturated carbocycles. The van der Waals surface area contributed by atoms with Gasteiger partial charge in [0.2, 0.25) is 5.95 Å².